The van der Waals surface area contributed by atoms with Crippen LogP contribution in [0.2, 0.25) is 0 Å². The average molecular weight is 289 g/mol. The van der Waals surface area contributed by atoms with Gasteiger partial charge in [0.1, 0.15) is 11.6 Å². The summed E-state index contributed by atoms with van der Waals surface area (Å²) in [5.41, 5.74) is 0.749. The summed E-state index contributed by atoms with van der Waals surface area (Å²) in [6.45, 7) is 7.08. The molecule has 0 fully saturated rings. The first-order valence-corrected chi connectivity index (χ1v) is 6.10. The van der Waals surface area contributed by atoms with Gasteiger partial charge in [-0.15, -0.1) is 0 Å². The number of hydrogen-bond donors (Lipinski definition) is 0. The molecule has 0 radical (unpaired) electrons. The van der Waals surface area contributed by atoms with Crippen LogP contribution in [0.5, 0.6) is 0 Å². The molecule has 4 nitrogen and oxygen atoms in total. The third-order valence-corrected chi connectivity index (χ3v) is 2.84. The molecule has 2 aromatic rings. The van der Waals surface area contributed by atoms with E-state index in [1.165, 1.54) is 15.8 Å². The fraction of sp³-hybridized carbons (Fsp3) is 0.0667. The summed E-state index contributed by atoms with van der Waals surface area (Å²) in [5, 5.41) is 3.99. The number of rotatable bonds is 5. The highest BCUT2D eigenvalue weighted by atomic mass is 19.1. The molecule has 2 rings (SSSR count). The average Bonchev–Trinajstić information content (AvgIpc) is 2.90. The molecule has 0 bridgehead atoms. The fourth-order valence-electron chi connectivity index (χ4n) is 1.90. The Labute approximate surface area is 120 Å². The fourth-order valence-corrected chi connectivity index (χ4v) is 1.90. The van der Waals surface area contributed by atoms with Crippen LogP contribution in [0.1, 0.15) is 5.69 Å². The quantitative estimate of drug-likeness (QED) is 0.794. The minimum atomic E-state index is -0.760. The Hall–Kier alpha value is -2.76. The third-order valence-electron chi connectivity index (χ3n) is 2.84. The number of nitrogens with zero attached hydrogens (tertiary/aromatic N) is 3. The van der Waals surface area contributed by atoms with Crippen LogP contribution >= 0.6 is 0 Å². The number of benzene rings is 1. The van der Waals surface area contributed by atoms with Crippen molar-refractivity contribution in [2.45, 2.75) is 6.54 Å². The SMILES string of the molecule is C=CC(=O)N(Cc1ccnn1C=C)c1cc(F)cc(F)c1. The van der Waals surface area contributed by atoms with Gasteiger partial charge in [-0.3, -0.25) is 4.79 Å². The second-order valence-corrected chi connectivity index (χ2v) is 4.21. The van der Waals surface area contributed by atoms with Crippen LogP contribution in [0.15, 0.2) is 49.7 Å². The van der Waals surface area contributed by atoms with Crippen LogP contribution in [0.4, 0.5) is 14.5 Å². The van der Waals surface area contributed by atoms with Crippen LogP contribution < -0.4 is 4.90 Å². The van der Waals surface area contributed by atoms with Gasteiger partial charge in [-0.2, -0.15) is 5.10 Å². The van der Waals surface area contributed by atoms with E-state index in [4.69, 9.17) is 0 Å². The Balaban J connectivity index is 2.41. The van der Waals surface area contributed by atoms with Crippen molar-refractivity contribution in [3.05, 3.63) is 67.0 Å². The topological polar surface area (TPSA) is 38.1 Å². The smallest absolute Gasteiger partial charge is 0.250 e. The minimum absolute atomic E-state index is 0.0831. The van der Waals surface area contributed by atoms with Gasteiger partial charge >= 0.3 is 0 Å². The summed E-state index contributed by atoms with van der Waals surface area (Å²) >= 11 is 0. The lowest BCUT2D eigenvalue weighted by atomic mass is 10.2. The third kappa shape index (κ3) is 3.22. The molecule has 0 aliphatic heterocycles. The zero-order chi connectivity index (χ0) is 15.4. The van der Waals surface area contributed by atoms with Gasteiger partial charge in [0.15, 0.2) is 0 Å². The van der Waals surface area contributed by atoms with Crippen molar-refractivity contribution in [1.82, 2.24) is 9.78 Å². The summed E-state index contributed by atoms with van der Waals surface area (Å²) < 4.78 is 28.2. The van der Waals surface area contributed by atoms with Gasteiger partial charge in [0.05, 0.1) is 17.9 Å². The van der Waals surface area contributed by atoms with Crippen LogP contribution in [0.25, 0.3) is 6.20 Å². The summed E-state index contributed by atoms with van der Waals surface area (Å²) in [4.78, 5) is 13.2. The highest BCUT2D eigenvalue weighted by Crippen LogP contribution is 2.21. The van der Waals surface area contributed by atoms with E-state index in [9.17, 15) is 13.6 Å². The number of anilines is 1. The van der Waals surface area contributed by atoms with E-state index < -0.39 is 17.5 Å². The zero-order valence-electron chi connectivity index (χ0n) is 11.2. The molecule has 0 saturated carbocycles. The molecule has 0 aliphatic carbocycles. The molecule has 1 heterocycles. The maximum atomic E-state index is 13.3. The molecule has 6 heteroatoms. The number of carbonyl (C=O) groups is 1. The van der Waals surface area contributed by atoms with Gasteiger partial charge < -0.3 is 4.90 Å². The number of hydrogen-bond acceptors (Lipinski definition) is 2. The van der Waals surface area contributed by atoms with E-state index in [0.29, 0.717) is 5.69 Å². The Bertz CT molecular complexity index is 674. The normalized spacial score (nSPS) is 10.2. The molecule has 21 heavy (non-hydrogen) atoms. The highest BCUT2D eigenvalue weighted by Gasteiger charge is 2.17. The Morgan fingerprint density at radius 3 is 2.52 bits per heavy atom. The lowest BCUT2D eigenvalue weighted by Gasteiger charge is -2.21. The standard InChI is InChI=1S/C15H13F2N3O/c1-3-15(21)19(10-13-5-6-18-20(13)4-2)14-8-11(16)7-12(17)9-14/h3-9H,1-2,10H2. The lowest BCUT2D eigenvalue weighted by molar-refractivity contribution is -0.114. The Morgan fingerprint density at radius 1 is 1.29 bits per heavy atom. The van der Waals surface area contributed by atoms with E-state index >= 15 is 0 Å². The van der Waals surface area contributed by atoms with Crippen molar-refractivity contribution in [2.24, 2.45) is 0 Å². The largest absolute Gasteiger partial charge is 0.303 e. The van der Waals surface area contributed by atoms with Gasteiger partial charge in [0.25, 0.3) is 5.91 Å². The predicted octanol–water partition coefficient (Wildman–Crippen LogP) is 2.98. The van der Waals surface area contributed by atoms with Gasteiger partial charge in [0, 0.05) is 18.5 Å². The van der Waals surface area contributed by atoms with E-state index in [1.54, 1.807) is 12.3 Å². The molecule has 0 spiro atoms. The molecule has 1 amide bonds. The van der Waals surface area contributed by atoms with Crippen molar-refractivity contribution in [3.63, 3.8) is 0 Å². The minimum Gasteiger partial charge on any atom is -0.303 e. The van der Waals surface area contributed by atoms with E-state index in [0.717, 1.165) is 24.3 Å². The van der Waals surface area contributed by atoms with Crippen molar-refractivity contribution < 1.29 is 13.6 Å². The molecular formula is C15H13F2N3O. The molecule has 1 aromatic carbocycles. The molecule has 0 atom stereocenters. The van der Waals surface area contributed by atoms with Crippen LogP contribution in [0, 0.1) is 11.6 Å². The molecule has 0 saturated heterocycles. The maximum absolute atomic E-state index is 13.3. The molecular weight excluding hydrogens is 276 g/mol. The summed E-state index contributed by atoms with van der Waals surface area (Å²) in [7, 11) is 0. The van der Waals surface area contributed by atoms with E-state index in [-0.39, 0.29) is 12.2 Å². The van der Waals surface area contributed by atoms with Crippen molar-refractivity contribution >= 4 is 17.8 Å². The second-order valence-electron chi connectivity index (χ2n) is 4.21. The van der Waals surface area contributed by atoms with Gasteiger partial charge in [-0.05, 0) is 24.3 Å². The van der Waals surface area contributed by atoms with Crippen molar-refractivity contribution in [2.75, 3.05) is 4.90 Å². The molecule has 108 valence electrons. The first-order valence-electron chi connectivity index (χ1n) is 6.10. The Morgan fingerprint density at radius 2 is 1.95 bits per heavy atom. The second kappa shape index (κ2) is 6.13. The number of halogens is 2. The number of aromatic nitrogens is 2. The lowest BCUT2D eigenvalue weighted by Crippen LogP contribution is -2.29. The summed E-state index contributed by atoms with van der Waals surface area (Å²) in [5.74, 6) is -2.00. The summed E-state index contributed by atoms with van der Waals surface area (Å²) in [6.07, 6.45) is 4.09. The first kappa shape index (κ1) is 14.6. The van der Waals surface area contributed by atoms with Crippen LogP contribution in [-0.4, -0.2) is 15.7 Å². The van der Waals surface area contributed by atoms with Gasteiger partial charge in [-0.25, -0.2) is 13.5 Å². The monoisotopic (exact) mass is 289 g/mol. The number of amides is 1. The predicted molar refractivity (Wildman–Crippen MR) is 76.4 cm³/mol. The van der Waals surface area contributed by atoms with Crippen molar-refractivity contribution in [3.8, 4) is 0 Å². The van der Waals surface area contributed by atoms with E-state index in [2.05, 4.69) is 18.3 Å². The zero-order valence-corrected chi connectivity index (χ0v) is 11.2. The highest BCUT2D eigenvalue weighted by molar-refractivity contribution is 6.00. The van der Waals surface area contributed by atoms with Crippen LogP contribution in [0.3, 0.4) is 0 Å². The van der Waals surface area contributed by atoms with Crippen LogP contribution in [-0.2, 0) is 11.3 Å². The molecule has 0 unspecified atom stereocenters. The van der Waals surface area contributed by atoms with Crippen molar-refractivity contribution in [1.29, 1.82) is 0 Å². The summed E-state index contributed by atoms with van der Waals surface area (Å²) in [6, 6.07) is 4.59. The van der Waals surface area contributed by atoms with Gasteiger partial charge in [-0.1, -0.05) is 13.2 Å². The van der Waals surface area contributed by atoms with E-state index in [1.807, 2.05) is 0 Å². The maximum Gasteiger partial charge on any atom is 0.250 e. The Kier molecular flexibility index (Phi) is 4.27. The number of carbonyl (C=O) groups excluding carboxylic acids is 1. The molecule has 0 N–H and O–H groups in total. The van der Waals surface area contributed by atoms with Gasteiger partial charge in [0.2, 0.25) is 0 Å². The molecule has 0 aliphatic rings. The first-order chi connectivity index (χ1) is 10.0. The molecule has 1 aromatic heterocycles.